The van der Waals surface area contributed by atoms with Crippen LogP contribution < -0.4 is 29.1 Å². The highest BCUT2D eigenvalue weighted by Crippen LogP contribution is 2.41. The van der Waals surface area contributed by atoms with Crippen molar-refractivity contribution in [3.05, 3.63) is 96.7 Å². The largest absolute Gasteiger partial charge is 0.496 e. The summed E-state index contributed by atoms with van der Waals surface area (Å²) < 4.78 is 24.9. The maximum Gasteiger partial charge on any atom is 0.338 e. The van der Waals surface area contributed by atoms with E-state index >= 15 is 0 Å². The molecule has 2 aliphatic heterocycles. The van der Waals surface area contributed by atoms with Crippen LogP contribution in [0.1, 0.15) is 43.9 Å². The maximum absolute atomic E-state index is 14.2. The van der Waals surface area contributed by atoms with Crippen LogP contribution in [0.4, 0.5) is 0 Å². The molecule has 3 aromatic carbocycles. The Balaban J connectivity index is 1.64. The Morgan fingerprint density at radius 2 is 1.90 bits per heavy atom. The Morgan fingerprint density at radius 1 is 1.10 bits per heavy atom. The van der Waals surface area contributed by atoms with Crippen molar-refractivity contribution >= 4 is 34.2 Å². The number of thiazole rings is 1. The third-order valence-electron chi connectivity index (χ3n) is 7.18. The SMILES string of the molecule is CCCC1=C(C(=O)OCC)[C@H](c2c(OC)ccc3ccccc23)n2c(s/c(=C\c3ccc4c(c3)OCCO4)c2=O)=N1. The third-order valence-corrected chi connectivity index (χ3v) is 8.16. The molecule has 9 heteroatoms. The van der Waals surface area contributed by atoms with Gasteiger partial charge in [0.05, 0.1) is 29.5 Å². The van der Waals surface area contributed by atoms with E-state index in [1.807, 2.05) is 67.6 Å². The molecule has 8 nitrogen and oxygen atoms in total. The van der Waals surface area contributed by atoms with Crippen LogP contribution in [0.25, 0.3) is 16.8 Å². The van der Waals surface area contributed by atoms with Gasteiger partial charge in [0.15, 0.2) is 16.3 Å². The lowest BCUT2D eigenvalue weighted by Gasteiger charge is -2.28. The van der Waals surface area contributed by atoms with Gasteiger partial charge in [-0.05, 0) is 54.0 Å². The quantitative estimate of drug-likeness (QED) is 0.304. The van der Waals surface area contributed by atoms with E-state index in [1.54, 1.807) is 18.6 Å². The number of hydrogen-bond donors (Lipinski definition) is 0. The molecule has 0 unspecified atom stereocenters. The van der Waals surface area contributed by atoms with E-state index < -0.39 is 12.0 Å². The van der Waals surface area contributed by atoms with Crippen LogP contribution >= 0.6 is 11.3 Å². The molecule has 2 aliphatic rings. The zero-order valence-corrected chi connectivity index (χ0v) is 24.0. The second-order valence-electron chi connectivity index (χ2n) is 9.72. The Labute approximate surface area is 240 Å². The average Bonchev–Trinajstić information content (AvgIpc) is 3.30. The molecule has 41 heavy (non-hydrogen) atoms. The van der Waals surface area contributed by atoms with Gasteiger partial charge < -0.3 is 18.9 Å². The Kier molecular flexibility index (Phi) is 7.36. The zero-order valence-electron chi connectivity index (χ0n) is 23.1. The van der Waals surface area contributed by atoms with E-state index in [0.29, 0.717) is 57.5 Å². The molecule has 6 rings (SSSR count). The molecule has 0 saturated heterocycles. The van der Waals surface area contributed by atoms with E-state index in [-0.39, 0.29) is 12.2 Å². The number of aromatic nitrogens is 1. The van der Waals surface area contributed by atoms with Crippen molar-refractivity contribution in [2.75, 3.05) is 26.9 Å². The van der Waals surface area contributed by atoms with Gasteiger partial charge in [0, 0.05) is 5.56 Å². The summed E-state index contributed by atoms with van der Waals surface area (Å²) in [5, 5.41) is 1.86. The molecule has 0 spiro atoms. The summed E-state index contributed by atoms with van der Waals surface area (Å²) in [5.74, 6) is 1.42. The minimum Gasteiger partial charge on any atom is -0.496 e. The van der Waals surface area contributed by atoms with Crippen molar-refractivity contribution in [2.24, 2.45) is 4.99 Å². The number of benzene rings is 3. The van der Waals surface area contributed by atoms with Crippen LogP contribution in [0, 0.1) is 0 Å². The van der Waals surface area contributed by atoms with E-state index in [0.717, 1.165) is 28.3 Å². The number of ether oxygens (including phenoxy) is 4. The third kappa shape index (κ3) is 4.80. The first-order valence-corrected chi connectivity index (χ1v) is 14.5. The minimum atomic E-state index is -0.782. The smallest absolute Gasteiger partial charge is 0.338 e. The predicted octanol–water partition coefficient (Wildman–Crippen LogP) is 4.51. The van der Waals surface area contributed by atoms with Crippen molar-refractivity contribution in [3.63, 3.8) is 0 Å². The van der Waals surface area contributed by atoms with Crippen LogP contribution in [0.15, 0.2) is 75.7 Å². The first-order valence-electron chi connectivity index (χ1n) is 13.7. The summed E-state index contributed by atoms with van der Waals surface area (Å²) in [5.41, 5.74) is 2.27. The molecule has 210 valence electrons. The lowest BCUT2D eigenvalue weighted by atomic mass is 9.90. The summed E-state index contributed by atoms with van der Waals surface area (Å²) in [4.78, 5) is 33.3. The lowest BCUT2D eigenvalue weighted by molar-refractivity contribution is -0.139. The standard InChI is InChI=1S/C32H30N2O6S/c1-4-8-22-28(31(36)38-5-2)29(27-21-10-7-6-9-20(21)12-14-24(27)37-3)34-30(35)26(41-32(34)33-22)18-19-11-13-23-25(17-19)40-16-15-39-23/h6-7,9-14,17-18,29H,4-5,8,15-16H2,1-3H3/b26-18-/t29-/m0/s1. The molecule has 0 aliphatic carbocycles. The Morgan fingerprint density at radius 3 is 2.68 bits per heavy atom. The summed E-state index contributed by atoms with van der Waals surface area (Å²) in [6.07, 6.45) is 3.16. The summed E-state index contributed by atoms with van der Waals surface area (Å²) in [7, 11) is 1.60. The number of allylic oxidation sites excluding steroid dienone is 1. The van der Waals surface area contributed by atoms with Crippen molar-refractivity contribution in [2.45, 2.75) is 32.7 Å². The zero-order chi connectivity index (χ0) is 28.5. The van der Waals surface area contributed by atoms with Crippen LogP contribution in [0.5, 0.6) is 17.2 Å². The highest BCUT2D eigenvalue weighted by molar-refractivity contribution is 7.07. The van der Waals surface area contributed by atoms with Crippen LogP contribution in [-0.4, -0.2) is 37.5 Å². The molecule has 3 heterocycles. The van der Waals surface area contributed by atoms with Gasteiger partial charge in [0.25, 0.3) is 5.56 Å². The number of rotatable bonds is 7. The summed E-state index contributed by atoms with van der Waals surface area (Å²) in [6, 6.07) is 16.6. The van der Waals surface area contributed by atoms with Gasteiger partial charge in [0.1, 0.15) is 25.0 Å². The van der Waals surface area contributed by atoms with Gasteiger partial charge in [-0.15, -0.1) is 0 Å². The molecule has 0 radical (unpaired) electrons. The number of carbonyl (C=O) groups is 1. The van der Waals surface area contributed by atoms with E-state index in [9.17, 15) is 9.59 Å². The molecular weight excluding hydrogens is 540 g/mol. The fraction of sp³-hybridized carbons (Fsp3) is 0.281. The summed E-state index contributed by atoms with van der Waals surface area (Å²) >= 11 is 1.30. The fourth-order valence-electron chi connectivity index (χ4n) is 5.43. The second kappa shape index (κ2) is 11.2. The highest BCUT2D eigenvalue weighted by Gasteiger charge is 2.37. The van der Waals surface area contributed by atoms with E-state index in [4.69, 9.17) is 23.9 Å². The van der Waals surface area contributed by atoms with Gasteiger partial charge in [-0.2, -0.15) is 0 Å². The number of esters is 1. The molecule has 0 amide bonds. The number of hydrogen-bond acceptors (Lipinski definition) is 8. The van der Waals surface area contributed by atoms with Crippen molar-refractivity contribution in [1.29, 1.82) is 0 Å². The monoisotopic (exact) mass is 570 g/mol. The van der Waals surface area contributed by atoms with Crippen molar-refractivity contribution in [3.8, 4) is 17.2 Å². The molecule has 0 saturated carbocycles. The molecule has 0 fully saturated rings. The first-order chi connectivity index (χ1) is 20.0. The lowest BCUT2D eigenvalue weighted by Crippen LogP contribution is -2.40. The maximum atomic E-state index is 14.2. The molecule has 0 N–H and O–H groups in total. The number of nitrogens with zero attached hydrogens (tertiary/aromatic N) is 2. The number of carbonyl (C=O) groups excluding carboxylic acids is 1. The van der Waals surface area contributed by atoms with Crippen LogP contribution in [0.2, 0.25) is 0 Å². The van der Waals surface area contributed by atoms with Crippen molar-refractivity contribution in [1.82, 2.24) is 4.57 Å². The predicted molar refractivity (Wildman–Crippen MR) is 158 cm³/mol. The number of fused-ring (bicyclic) bond motifs is 3. The number of methoxy groups -OCH3 is 1. The van der Waals surface area contributed by atoms with Gasteiger partial charge in [-0.3, -0.25) is 9.36 Å². The van der Waals surface area contributed by atoms with Gasteiger partial charge in [0.2, 0.25) is 0 Å². The molecule has 4 aromatic rings. The second-order valence-corrected chi connectivity index (χ2v) is 10.7. The van der Waals surface area contributed by atoms with Crippen LogP contribution in [-0.2, 0) is 9.53 Å². The Bertz CT molecular complexity index is 1870. The first kappa shape index (κ1) is 26.8. The molecule has 1 aromatic heterocycles. The minimum absolute atomic E-state index is 0.204. The fourth-order valence-corrected chi connectivity index (χ4v) is 6.45. The average molecular weight is 571 g/mol. The summed E-state index contributed by atoms with van der Waals surface area (Å²) in [6.45, 7) is 4.99. The van der Waals surface area contributed by atoms with Gasteiger partial charge in [-0.1, -0.05) is 61.1 Å². The van der Waals surface area contributed by atoms with E-state index in [2.05, 4.69) is 0 Å². The van der Waals surface area contributed by atoms with Gasteiger partial charge in [-0.25, -0.2) is 9.79 Å². The topological polar surface area (TPSA) is 88.4 Å². The van der Waals surface area contributed by atoms with Gasteiger partial charge >= 0.3 is 5.97 Å². The highest BCUT2D eigenvalue weighted by atomic mass is 32.1. The molecular formula is C32H30N2O6S. The molecule has 1 atom stereocenters. The van der Waals surface area contributed by atoms with Crippen LogP contribution in [0.3, 0.4) is 0 Å². The van der Waals surface area contributed by atoms with Crippen molar-refractivity contribution < 1.29 is 23.7 Å². The van der Waals surface area contributed by atoms with E-state index in [1.165, 1.54) is 11.3 Å². The Hall–Kier alpha value is -4.37. The molecule has 0 bridgehead atoms. The normalized spacial score (nSPS) is 16.4.